The lowest BCUT2D eigenvalue weighted by molar-refractivity contribution is 0.415. The van der Waals surface area contributed by atoms with Crippen LogP contribution in [0.25, 0.3) is 0 Å². The topological polar surface area (TPSA) is 81.4 Å². The Bertz CT molecular complexity index is 759. The number of halogens is 2. The number of hydrogen-bond acceptors (Lipinski definition) is 4. The van der Waals surface area contributed by atoms with E-state index in [0.29, 0.717) is 26.1 Å². The predicted octanol–water partition coefficient (Wildman–Crippen LogP) is 3.60. The molecular weight excluding hydrogens is 424 g/mol. The highest BCUT2D eigenvalue weighted by molar-refractivity contribution is 9.11. The summed E-state index contributed by atoms with van der Waals surface area (Å²) in [6.07, 6.45) is 0. The van der Waals surface area contributed by atoms with Crippen LogP contribution in [0.1, 0.15) is 0 Å². The molecule has 3 N–H and O–H groups in total. The Morgan fingerprint density at radius 3 is 2.33 bits per heavy atom. The summed E-state index contributed by atoms with van der Waals surface area (Å²) >= 11 is 6.62. The lowest BCUT2D eigenvalue weighted by Gasteiger charge is -2.13. The van der Waals surface area contributed by atoms with Gasteiger partial charge in [-0.1, -0.05) is 6.07 Å². The maximum Gasteiger partial charge on any atom is 0.262 e. The van der Waals surface area contributed by atoms with Crippen LogP contribution in [0.3, 0.4) is 0 Å². The van der Waals surface area contributed by atoms with Gasteiger partial charge in [-0.05, 0) is 56.1 Å². The number of para-hydroxylation sites is 1. The van der Waals surface area contributed by atoms with Crippen molar-refractivity contribution >= 4 is 53.3 Å². The van der Waals surface area contributed by atoms with Crippen molar-refractivity contribution in [2.45, 2.75) is 4.90 Å². The van der Waals surface area contributed by atoms with E-state index in [-0.39, 0.29) is 4.90 Å². The van der Waals surface area contributed by atoms with Crippen molar-refractivity contribution in [2.24, 2.45) is 0 Å². The maximum atomic E-state index is 12.4. The average molecular weight is 436 g/mol. The maximum absolute atomic E-state index is 12.4. The summed E-state index contributed by atoms with van der Waals surface area (Å²) < 4.78 is 33.7. The molecule has 0 aliphatic rings. The first kappa shape index (κ1) is 16.1. The van der Waals surface area contributed by atoms with Gasteiger partial charge in [0.2, 0.25) is 0 Å². The van der Waals surface area contributed by atoms with Crippen LogP contribution in [0.15, 0.2) is 50.2 Å². The molecule has 2 rings (SSSR count). The summed E-state index contributed by atoms with van der Waals surface area (Å²) in [6, 6.07) is 9.56. The number of benzene rings is 2. The van der Waals surface area contributed by atoms with E-state index in [1.807, 2.05) is 0 Å². The Labute approximate surface area is 139 Å². The summed E-state index contributed by atoms with van der Waals surface area (Å²) in [5, 5.41) is 0. The minimum atomic E-state index is -3.75. The lowest BCUT2D eigenvalue weighted by Crippen LogP contribution is -2.14. The van der Waals surface area contributed by atoms with E-state index in [2.05, 4.69) is 36.6 Å². The van der Waals surface area contributed by atoms with E-state index >= 15 is 0 Å². The third-order valence-corrected chi connectivity index (χ3v) is 5.38. The number of ether oxygens (including phenoxy) is 1. The summed E-state index contributed by atoms with van der Waals surface area (Å²) in [6.45, 7) is 0. The highest BCUT2D eigenvalue weighted by Gasteiger charge is 2.18. The number of anilines is 2. The first-order chi connectivity index (χ1) is 9.85. The monoisotopic (exact) mass is 434 g/mol. The van der Waals surface area contributed by atoms with Crippen molar-refractivity contribution in [3.05, 3.63) is 45.3 Å². The zero-order valence-electron chi connectivity index (χ0n) is 10.9. The third-order valence-electron chi connectivity index (χ3n) is 2.71. The van der Waals surface area contributed by atoms with E-state index in [1.54, 1.807) is 18.2 Å². The molecule has 112 valence electrons. The second-order valence-corrected chi connectivity index (χ2v) is 7.50. The summed E-state index contributed by atoms with van der Waals surface area (Å²) in [7, 11) is -2.32. The molecule has 0 aliphatic carbocycles. The molecule has 2 aromatic rings. The molecule has 21 heavy (non-hydrogen) atoms. The SMILES string of the molecule is COc1cc(S(=O)(=O)Nc2c(Br)cccc2Br)ccc1N. The van der Waals surface area contributed by atoms with Gasteiger partial charge in [0.05, 0.1) is 23.4 Å². The second-order valence-electron chi connectivity index (χ2n) is 4.11. The standard InChI is InChI=1S/C13H12Br2N2O3S/c1-20-12-7-8(5-6-11(12)16)21(18,19)17-13-9(14)3-2-4-10(13)15/h2-7,17H,16H2,1H3. The Balaban J connectivity index is 2.44. The van der Waals surface area contributed by atoms with Crippen molar-refractivity contribution in [3.63, 3.8) is 0 Å². The molecule has 8 heteroatoms. The van der Waals surface area contributed by atoms with E-state index in [0.717, 1.165) is 0 Å². The first-order valence-electron chi connectivity index (χ1n) is 5.75. The van der Waals surface area contributed by atoms with Crippen molar-refractivity contribution in [1.29, 1.82) is 0 Å². The van der Waals surface area contributed by atoms with Crippen molar-refractivity contribution in [3.8, 4) is 5.75 Å². The fourth-order valence-electron chi connectivity index (χ4n) is 1.65. The summed E-state index contributed by atoms with van der Waals surface area (Å²) in [5.74, 6) is 0.309. The molecule has 0 spiro atoms. The van der Waals surface area contributed by atoms with E-state index in [4.69, 9.17) is 10.5 Å². The van der Waals surface area contributed by atoms with Crippen molar-refractivity contribution in [1.82, 2.24) is 0 Å². The summed E-state index contributed by atoms with van der Waals surface area (Å²) in [4.78, 5) is 0.0659. The van der Waals surface area contributed by atoms with Crippen molar-refractivity contribution < 1.29 is 13.2 Å². The zero-order valence-corrected chi connectivity index (χ0v) is 14.9. The molecule has 0 bridgehead atoms. The molecule has 0 aromatic heterocycles. The van der Waals surface area contributed by atoms with Crippen LogP contribution < -0.4 is 15.2 Å². The molecule has 0 atom stereocenters. The third kappa shape index (κ3) is 3.50. The fraction of sp³-hybridized carbons (Fsp3) is 0.0769. The average Bonchev–Trinajstić information content (AvgIpc) is 2.43. The molecule has 5 nitrogen and oxygen atoms in total. The van der Waals surface area contributed by atoms with Crippen LogP contribution in [0.4, 0.5) is 11.4 Å². The van der Waals surface area contributed by atoms with Gasteiger partial charge in [-0.15, -0.1) is 0 Å². The Hall–Kier alpha value is -1.25. The molecule has 0 fully saturated rings. The van der Waals surface area contributed by atoms with Crippen LogP contribution in [0, 0.1) is 0 Å². The fourth-order valence-corrected chi connectivity index (χ4v) is 4.22. The Kier molecular flexibility index (Phi) is 4.80. The lowest BCUT2D eigenvalue weighted by atomic mass is 10.3. The quantitative estimate of drug-likeness (QED) is 0.718. The molecule has 2 aromatic carbocycles. The molecular formula is C13H12Br2N2O3S. The molecule has 0 radical (unpaired) electrons. The summed E-state index contributed by atoms with van der Waals surface area (Å²) in [5.41, 5.74) is 6.49. The number of rotatable bonds is 4. The predicted molar refractivity (Wildman–Crippen MR) is 90.1 cm³/mol. The minimum absolute atomic E-state index is 0.0659. The van der Waals surface area contributed by atoms with Gasteiger partial charge in [0.1, 0.15) is 5.75 Å². The van der Waals surface area contributed by atoms with Crippen LogP contribution in [0.5, 0.6) is 5.75 Å². The second kappa shape index (κ2) is 6.25. The first-order valence-corrected chi connectivity index (χ1v) is 8.82. The van der Waals surface area contributed by atoms with Gasteiger partial charge in [-0.3, -0.25) is 4.72 Å². The van der Waals surface area contributed by atoms with E-state index in [1.165, 1.54) is 25.3 Å². The number of methoxy groups -OCH3 is 1. The van der Waals surface area contributed by atoms with Gasteiger partial charge in [-0.25, -0.2) is 8.42 Å². The number of nitrogens with one attached hydrogen (secondary N) is 1. The molecule has 0 aliphatic heterocycles. The highest BCUT2D eigenvalue weighted by atomic mass is 79.9. The Morgan fingerprint density at radius 2 is 1.76 bits per heavy atom. The largest absolute Gasteiger partial charge is 0.495 e. The Morgan fingerprint density at radius 1 is 1.14 bits per heavy atom. The molecule has 0 heterocycles. The zero-order chi connectivity index (χ0) is 15.6. The van der Waals surface area contributed by atoms with Crippen LogP contribution in [-0.4, -0.2) is 15.5 Å². The highest BCUT2D eigenvalue weighted by Crippen LogP contribution is 2.33. The number of nitrogens with two attached hydrogens (primary N) is 1. The molecule has 0 amide bonds. The van der Waals surface area contributed by atoms with Gasteiger partial charge >= 0.3 is 0 Å². The number of hydrogen-bond donors (Lipinski definition) is 2. The van der Waals surface area contributed by atoms with Gasteiger partial charge in [0.15, 0.2) is 0 Å². The molecule has 0 saturated carbocycles. The molecule has 0 unspecified atom stereocenters. The van der Waals surface area contributed by atoms with E-state index < -0.39 is 10.0 Å². The van der Waals surface area contributed by atoms with Crippen LogP contribution in [-0.2, 0) is 10.0 Å². The van der Waals surface area contributed by atoms with Gasteiger partial charge < -0.3 is 10.5 Å². The normalized spacial score (nSPS) is 11.2. The van der Waals surface area contributed by atoms with Crippen LogP contribution in [0.2, 0.25) is 0 Å². The number of nitrogen functional groups attached to an aromatic ring is 1. The molecule has 0 saturated heterocycles. The number of sulfonamides is 1. The van der Waals surface area contributed by atoms with Gasteiger partial charge in [0.25, 0.3) is 10.0 Å². The van der Waals surface area contributed by atoms with Crippen LogP contribution >= 0.6 is 31.9 Å². The van der Waals surface area contributed by atoms with E-state index in [9.17, 15) is 8.42 Å². The van der Waals surface area contributed by atoms with Gasteiger partial charge in [-0.2, -0.15) is 0 Å². The van der Waals surface area contributed by atoms with Gasteiger partial charge in [0, 0.05) is 15.0 Å². The van der Waals surface area contributed by atoms with Crippen molar-refractivity contribution in [2.75, 3.05) is 17.6 Å². The minimum Gasteiger partial charge on any atom is -0.495 e. The smallest absolute Gasteiger partial charge is 0.262 e.